The molecule has 1 aliphatic heterocycles. The van der Waals surface area contributed by atoms with Gasteiger partial charge in [-0.25, -0.2) is 4.79 Å². The number of amides is 1. The van der Waals surface area contributed by atoms with Crippen LogP contribution in [0.1, 0.15) is 48.5 Å². The summed E-state index contributed by atoms with van der Waals surface area (Å²) in [4.78, 5) is 42.1. The molecule has 2 heterocycles. The van der Waals surface area contributed by atoms with Gasteiger partial charge < -0.3 is 33.2 Å². The van der Waals surface area contributed by atoms with Crippen LogP contribution in [-0.4, -0.2) is 104 Å². The molecule has 1 fully saturated rings. The zero-order valence-electron chi connectivity index (χ0n) is 29.5. The Kier molecular flexibility index (Phi) is 12.9. The quantitative estimate of drug-likeness (QED) is 0.180. The summed E-state index contributed by atoms with van der Waals surface area (Å²) in [7, 11) is -3.03. The predicted molar refractivity (Wildman–Crippen MR) is 190 cm³/mol. The minimum Gasteiger partial charge on any atom is -0.470 e. The maximum absolute atomic E-state index is 13.8. The minimum absolute atomic E-state index is 0.0288. The molecule has 1 atom stereocenters. The summed E-state index contributed by atoms with van der Waals surface area (Å²) in [5.74, 6) is -0.706. The van der Waals surface area contributed by atoms with E-state index in [0.717, 1.165) is 22.1 Å². The highest BCUT2D eigenvalue weighted by atomic mass is 32.1. The molecule has 0 aliphatic carbocycles. The first-order chi connectivity index (χ1) is 23.2. The molecule has 0 unspecified atom stereocenters. The second-order valence-electron chi connectivity index (χ2n) is 13.8. The third-order valence-electron chi connectivity index (χ3n) is 8.18. The summed E-state index contributed by atoms with van der Waals surface area (Å²) >= 11 is 1.02. The Bertz CT molecular complexity index is 1480. The van der Waals surface area contributed by atoms with Gasteiger partial charge in [0.15, 0.2) is 12.7 Å². The van der Waals surface area contributed by atoms with Gasteiger partial charge in [0.25, 0.3) is 20.1 Å². The van der Waals surface area contributed by atoms with E-state index < -0.39 is 44.4 Å². The second kappa shape index (κ2) is 16.7. The molecule has 0 N–H and O–H groups in total. The van der Waals surface area contributed by atoms with Crippen molar-refractivity contribution in [3.8, 4) is 5.88 Å². The van der Waals surface area contributed by atoms with Crippen LogP contribution < -0.4 is 20.0 Å². The van der Waals surface area contributed by atoms with Crippen molar-refractivity contribution < 1.29 is 37.8 Å². The SMILES string of the molecule is CC(=O)OCC(=O)N(C[C@@H](COc1nsnc1N1CCOCC1)OC(=O)CO[Si](c1ccccc1)(c1ccccc1)C(C)(C)C)C(C)(C)C. The maximum Gasteiger partial charge on any atom is 0.331 e. The third kappa shape index (κ3) is 9.87. The van der Waals surface area contributed by atoms with Gasteiger partial charge in [0.05, 0.1) is 31.5 Å². The fourth-order valence-electron chi connectivity index (χ4n) is 5.87. The van der Waals surface area contributed by atoms with Crippen molar-refractivity contribution in [3.05, 3.63) is 60.7 Å². The first-order valence-corrected chi connectivity index (χ1v) is 19.0. The Morgan fingerprint density at radius 1 is 0.918 bits per heavy atom. The number of carbonyl (C=O) groups is 3. The average Bonchev–Trinajstić information content (AvgIpc) is 3.54. The van der Waals surface area contributed by atoms with Gasteiger partial charge >= 0.3 is 11.9 Å². The number of aromatic nitrogens is 2. The lowest BCUT2D eigenvalue weighted by molar-refractivity contribution is -0.160. The number of ether oxygens (including phenoxy) is 4. The number of rotatable bonds is 14. The molecule has 1 aromatic heterocycles. The summed E-state index contributed by atoms with van der Waals surface area (Å²) in [5.41, 5.74) is -0.700. The van der Waals surface area contributed by atoms with Crippen LogP contribution in [0.25, 0.3) is 0 Å². The number of benzene rings is 2. The van der Waals surface area contributed by atoms with Crippen molar-refractivity contribution in [1.29, 1.82) is 0 Å². The van der Waals surface area contributed by atoms with Crippen LogP contribution in [0.15, 0.2) is 60.7 Å². The summed E-state index contributed by atoms with van der Waals surface area (Å²) in [5, 5.41) is 1.71. The molecule has 0 saturated carbocycles. The van der Waals surface area contributed by atoms with Gasteiger partial charge in [-0.2, -0.15) is 4.37 Å². The molecule has 1 amide bonds. The largest absolute Gasteiger partial charge is 0.470 e. The van der Waals surface area contributed by atoms with Gasteiger partial charge in [-0.05, 0) is 36.2 Å². The van der Waals surface area contributed by atoms with Crippen LogP contribution >= 0.6 is 11.7 Å². The van der Waals surface area contributed by atoms with Gasteiger partial charge in [-0.15, -0.1) is 4.37 Å². The first kappa shape index (κ1) is 38.0. The molecule has 4 rings (SSSR count). The van der Waals surface area contributed by atoms with Crippen molar-refractivity contribution in [1.82, 2.24) is 13.6 Å². The summed E-state index contributed by atoms with van der Waals surface area (Å²) < 4.78 is 38.3. The van der Waals surface area contributed by atoms with Gasteiger partial charge in [-0.3, -0.25) is 9.59 Å². The van der Waals surface area contributed by atoms with Crippen molar-refractivity contribution in [2.24, 2.45) is 0 Å². The molecule has 12 nitrogen and oxygen atoms in total. The zero-order chi connectivity index (χ0) is 35.7. The van der Waals surface area contributed by atoms with Crippen LogP contribution in [0, 0.1) is 0 Å². The topological polar surface area (TPSA) is 130 Å². The van der Waals surface area contributed by atoms with E-state index in [1.807, 2.05) is 62.1 Å². The number of hydrogen-bond acceptors (Lipinski definition) is 12. The van der Waals surface area contributed by atoms with E-state index in [1.54, 1.807) is 0 Å². The average molecular weight is 713 g/mol. The van der Waals surface area contributed by atoms with Gasteiger partial charge in [0.2, 0.25) is 5.82 Å². The number of anilines is 1. The number of morpholine rings is 1. The Morgan fingerprint density at radius 3 is 2.04 bits per heavy atom. The fraction of sp³-hybridized carbons (Fsp3) is 0.514. The highest BCUT2D eigenvalue weighted by molar-refractivity contribution is 7.00. The zero-order valence-corrected chi connectivity index (χ0v) is 31.3. The molecule has 0 bridgehead atoms. The summed E-state index contributed by atoms with van der Waals surface area (Å²) in [6.45, 7) is 14.7. The number of esters is 2. The smallest absolute Gasteiger partial charge is 0.331 e. The molecule has 3 aromatic rings. The molecular formula is C35H48N4O8SSi. The number of nitrogens with zero attached hydrogens (tertiary/aromatic N) is 4. The van der Waals surface area contributed by atoms with Crippen molar-refractivity contribution >= 4 is 54.1 Å². The Balaban J connectivity index is 1.60. The highest BCUT2D eigenvalue weighted by Crippen LogP contribution is 2.36. The third-order valence-corrected chi connectivity index (χ3v) is 13.7. The molecule has 266 valence electrons. The van der Waals surface area contributed by atoms with Gasteiger partial charge in [0.1, 0.15) is 13.2 Å². The van der Waals surface area contributed by atoms with E-state index in [2.05, 4.69) is 53.8 Å². The lowest BCUT2D eigenvalue weighted by Gasteiger charge is -2.42. The molecule has 0 radical (unpaired) electrons. The summed E-state index contributed by atoms with van der Waals surface area (Å²) in [6, 6.07) is 20.0. The van der Waals surface area contributed by atoms with E-state index >= 15 is 0 Å². The normalized spacial score (nSPS) is 14.6. The van der Waals surface area contributed by atoms with Crippen molar-refractivity contribution in [2.45, 2.75) is 65.1 Å². The lowest BCUT2D eigenvalue weighted by atomic mass is 10.1. The van der Waals surface area contributed by atoms with E-state index in [-0.39, 0.29) is 24.8 Å². The van der Waals surface area contributed by atoms with Crippen LogP contribution in [0.5, 0.6) is 5.88 Å². The van der Waals surface area contributed by atoms with E-state index in [0.29, 0.717) is 38.0 Å². The Labute approximate surface area is 294 Å². The van der Waals surface area contributed by atoms with Crippen LogP contribution in [-0.2, 0) is 33.0 Å². The lowest BCUT2D eigenvalue weighted by Crippen LogP contribution is -2.67. The first-order valence-electron chi connectivity index (χ1n) is 16.4. The van der Waals surface area contributed by atoms with Crippen LogP contribution in [0.4, 0.5) is 5.82 Å². The molecule has 14 heteroatoms. The number of hydrogen-bond donors (Lipinski definition) is 0. The van der Waals surface area contributed by atoms with E-state index in [4.69, 9.17) is 23.4 Å². The van der Waals surface area contributed by atoms with Crippen molar-refractivity contribution in [3.63, 3.8) is 0 Å². The Morgan fingerprint density at radius 2 is 1.51 bits per heavy atom. The van der Waals surface area contributed by atoms with Gasteiger partial charge in [0, 0.05) is 25.6 Å². The Hall–Kier alpha value is -3.85. The van der Waals surface area contributed by atoms with E-state index in [9.17, 15) is 14.4 Å². The molecule has 1 aliphatic rings. The standard InChI is InChI=1S/C35H48N4O8SSi/c1-26(40)44-24-30(41)39(34(2,3)4)22-27(23-45-33-32(36-48-37-33)38-18-20-43-21-19-38)47-31(42)25-46-49(35(5,6)7,28-14-10-8-11-15-28)29-16-12-9-13-17-29/h8-17,27H,18-25H2,1-7H3/t27-/m0/s1. The van der Waals surface area contributed by atoms with Crippen LogP contribution in [0.3, 0.4) is 0 Å². The summed E-state index contributed by atoms with van der Waals surface area (Å²) in [6.07, 6.45) is -0.921. The molecule has 49 heavy (non-hydrogen) atoms. The minimum atomic E-state index is -3.03. The van der Waals surface area contributed by atoms with Crippen LogP contribution in [0.2, 0.25) is 5.04 Å². The van der Waals surface area contributed by atoms with E-state index in [1.165, 1.54) is 11.8 Å². The molecule has 1 saturated heterocycles. The number of carbonyl (C=O) groups excluding carboxylic acids is 3. The highest BCUT2D eigenvalue weighted by Gasteiger charge is 2.50. The predicted octanol–water partition coefficient (Wildman–Crippen LogP) is 3.43. The molecular weight excluding hydrogens is 665 g/mol. The molecule has 2 aromatic carbocycles. The monoisotopic (exact) mass is 712 g/mol. The molecule has 0 spiro atoms. The fourth-order valence-corrected chi connectivity index (χ4v) is 10.9. The second-order valence-corrected chi connectivity index (χ2v) is 18.7. The van der Waals surface area contributed by atoms with Crippen molar-refractivity contribution in [2.75, 3.05) is 57.6 Å². The maximum atomic E-state index is 13.8. The van der Waals surface area contributed by atoms with Gasteiger partial charge in [-0.1, -0.05) is 81.4 Å².